The molecule has 0 amide bonds. The van der Waals surface area contributed by atoms with E-state index in [0.717, 1.165) is 24.4 Å². The number of hydrogen-bond acceptors (Lipinski definition) is 7. The molecule has 3 aromatic rings. The zero-order valence-corrected chi connectivity index (χ0v) is 12.6. The third-order valence-electron chi connectivity index (χ3n) is 2.98. The minimum Gasteiger partial charge on any atom is -0.368 e. The molecule has 0 aliphatic rings. The summed E-state index contributed by atoms with van der Waals surface area (Å²) in [5.41, 5.74) is 3.80. The summed E-state index contributed by atoms with van der Waals surface area (Å²) in [4.78, 5) is 17.7. The van der Waals surface area contributed by atoms with Gasteiger partial charge in [0.1, 0.15) is 11.4 Å². The van der Waals surface area contributed by atoms with Crippen molar-refractivity contribution in [2.45, 2.75) is 6.18 Å². The lowest BCUT2D eigenvalue weighted by Gasteiger charge is -2.10. The fourth-order valence-electron chi connectivity index (χ4n) is 1.92. The Bertz CT molecular complexity index is 961. The van der Waals surface area contributed by atoms with E-state index in [2.05, 4.69) is 30.2 Å². The highest BCUT2D eigenvalue weighted by atomic mass is 19.4. The summed E-state index contributed by atoms with van der Waals surface area (Å²) in [7, 11) is 0. The molecule has 0 unspecified atom stereocenters. The zero-order chi connectivity index (χ0) is 18.9. The molecule has 12 heteroatoms. The minimum atomic E-state index is -4.64. The molecule has 0 saturated heterocycles. The molecule has 0 aliphatic carbocycles. The summed E-state index contributed by atoms with van der Waals surface area (Å²) in [5.74, 6) is -2.92. The van der Waals surface area contributed by atoms with Crippen LogP contribution in [0.2, 0.25) is 0 Å². The van der Waals surface area contributed by atoms with Crippen LogP contribution < -0.4 is 11.1 Å². The Balaban J connectivity index is 1.98. The molecule has 7 nitrogen and oxygen atoms in total. The monoisotopic (exact) mass is 369 g/mol. The van der Waals surface area contributed by atoms with Crippen LogP contribution in [0.25, 0.3) is 11.5 Å². The van der Waals surface area contributed by atoms with Gasteiger partial charge in [-0.25, -0.2) is 9.37 Å². The van der Waals surface area contributed by atoms with Crippen LogP contribution >= 0.6 is 0 Å². The average molecular weight is 369 g/mol. The van der Waals surface area contributed by atoms with Crippen molar-refractivity contribution in [2.75, 3.05) is 11.1 Å². The van der Waals surface area contributed by atoms with Crippen molar-refractivity contribution >= 4 is 17.6 Å². The lowest BCUT2D eigenvalue weighted by molar-refractivity contribution is -0.141. The van der Waals surface area contributed by atoms with Gasteiger partial charge in [-0.15, -0.1) is 0 Å². The second-order valence-corrected chi connectivity index (χ2v) is 4.86. The summed E-state index contributed by atoms with van der Waals surface area (Å²) in [6, 6.07) is 3.58. The maximum atomic E-state index is 13.8. The number of halogens is 5. The number of aromatic nitrogens is 5. The van der Waals surface area contributed by atoms with Gasteiger partial charge in [0.15, 0.2) is 11.6 Å². The van der Waals surface area contributed by atoms with Gasteiger partial charge in [0.05, 0.1) is 0 Å². The number of alkyl halides is 3. The molecule has 3 N–H and O–H groups in total. The van der Waals surface area contributed by atoms with E-state index < -0.39 is 29.3 Å². The molecule has 0 aromatic carbocycles. The minimum absolute atomic E-state index is 0.0449. The van der Waals surface area contributed by atoms with E-state index in [0.29, 0.717) is 0 Å². The highest BCUT2D eigenvalue weighted by Crippen LogP contribution is 2.29. The first-order chi connectivity index (χ1) is 12.2. The Morgan fingerprint density at radius 1 is 0.962 bits per heavy atom. The molecule has 0 fully saturated rings. The normalized spacial score (nSPS) is 11.4. The van der Waals surface area contributed by atoms with Crippen molar-refractivity contribution in [3.8, 4) is 11.5 Å². The van der Waals surface area contributed by atoms with Crippen molar-refractivity contribution < 1.29 is 22.0 Å². The standard InChI is InChI=1S/C14H8F5N7/c15-7-1-2-9(16)23-10(7)11-24-12(20)26-13(25-11)22-6-3-4-21-8(5-6)14(17,18)19/h1-5H,(H3,20,21,22,24,25,26). The molecule has 0 spiro atoms. The Hall–Kier alpha value is -3.44. The highest BCUT2D eigenvalue weighted by molar-refractivity contribution is 5.58. The Kier molecular flexibility index (Phi) is 4.32. The Morgan fingerprint density at radius 2 is 1.73 bits per heavy atom. The molecule has 26 heavy (non-hydrogen) atoms. The fourth-order valence-corrected chi connectivity index (χ4v) is 1.92. The van der Waals surface area contributed by atoms with Crippen LogP contribution in [0.5, 0.6) is 0 Å². The number of pyridine rings is 2. The van der Waals surface area contributed by atoms with E-state index in [-0.39, 0.29) is 23.4 Å². The van der Waals surface area contributed by atoms with Crippen LogP contribution in [-0.2, 0) is 6.18 Å². The second kappa shape index (κ2) is 6.46. The summed E-state index contributed by atoms with van der Waals surface area (Å²) in [6.45, 7) is 0. The van der Waals surface area contributed by atoms with E-state index in [9.17, 15) is 22.0 Å². The first kappa shape index (κ1) is 17.4. The summed E-state index contributed by atoms with van der Waals surface area (Å²) in [5, 5.41) is 2.48. The Morgan fingerprint density at radius 3 is 2.46 bits per heavy atom. The van der Waals surface area contributed by atoms with Gasteiger partial charge in [-0.2, -0.15) is 32.5 Å². The van der Waals surface area contributed by atoms with E-state index in [1.54, 1.807) is 0 Å². The molecule has 3 aromatic heterocycles. The molecular weight excluding hydrogens is 361 g/mol. The molecule has 0 atom stereocenters. The van der Waals surface area contributed by atoms with Gasteiger partial charge in [-0.3, -0.25) is 4.98 Å². The number of rotatable bonds is 3. The number of nitrogens with zero attached hydrogens (tertiary/aromatic N) is 5. The van der Waals surface area contributed by atoms with Gasteiger partial charge >= 0.3 is 6.18 Å². The summed E-state index contributed by atoms with van der Waals surface area (Å²) >= 11 is 0. The molecule has 0 saturated carbocycles. The molecule has 3 heterocycles. The van der Waals surface area contributed by atoms with Crippen molar-refractivity contribution in [3.63, 3.8) is 0 Å². The van der Waals surface area contributed by atoms with Gasteiger partial charge in [-0.05, 0) is 24.3 Å². The number of nitrogens with two attached hydrogens (primary N) is 1. The first-order valence-corrected chi connectivity index (χ1v) is 6.86. The SMILES string of the molecule is Nc1nc(Nc2ccnc(C(F)(F)F)c2)nc(-c2nc(F)ccc2F)n1. The third-order valence-corrected chi connectivity index (χ3v) is 2.98. The van der Waals surface area contributed by atoms with Gasteiger partial charge in [0, 0.05) is 11.9 Å². The molecule has 0 radical (unpaired) electrons. The van der Waals surface area contributed by atoms with Crippen molar-refractivity contribution in [2.24, 2.45) is 0 Å². The number of nitrogens with one attached hydrogen (secondary N) is 1. The summed E-state index contributed by atoms with van der Waals surface area (Å²) in [6.07, 6.45) is -3.71. The van der Waals surface area contributed by atoms with Gasteiger partial charge < -0.3 is 11.1 Å². The van der Waals surface area contributed by atoms with Crippen molar-refractivity contribution in [1.82, 2.24) is 24.9 Å². The number of hydrogen-bond donors (Lipinski definition) is 2. The zero-order valence-electron chi connectivity index (χ0n) is 12.6. The topological polar surface area (TPSA) is 102 Å². The Labute approximate surface area is 142 Å². The first-order valence-electron chi connectivity index (χ1n) is 6.86. The quantitative estimate of drug-likeness (QED) is 0.540. The summed E-state index contributed by atoms with van der Waals surface area (Å²) < 4.78 is 65.1. The molecule has 0 bridgehead atoms. The van der Waals surface area contributed by atoms with E-state index >= 15 is 0 Å². The molecule has 134 valence electrons. The molecular formula is C14H8F5N7. The predicted molar refractivity (Wildman–Crippen MR) is 79.9 cm³/mol. The average Bonchev–Trinajstić information content (AvgIpc) is 2.56. The lowest BCUT2D eigenvalue weighted by Crippen LogP contribution is -2.09. The van der Waals surface area contributed by atoms with Crippen LogP contribution in [0, 0.1) is 11.8 Å². The van der Waals surface area contributed by atoms with Crippen molar-refractivity contribution in [1.29, 1.82) is 0 Å². The van der Waals surface area contributed by atoms with Crippen LogP contribution in [0.3, 0.4) is 0 Å². The second-order valence-electron chi connectivity index (χ2n) is 4.86. The number of anilines is 3. The van der Waals surface area contributed by atoms with Crippen molar-refractivity contribution in [3.05, 3.63) is 47.9 Å². The highest BCUT2D eigenvalue weighted by Gasteiger charge is 2.32. The van der Waals surface area contributed by atoms with E-state index in [4.69, 9.17) is 5.73 Å². The van der Waals surface area contributed by atoms with E-state index in [1.807, 2.05) is 0 Å². The number of nitrogen functional groups attached to an aromatic ring is 1. The van der Waals surface area contributed by atoms with E-state index in [1.165, 1.54) is 6.07 Å². The smallest absolute Gasteiger partial charge is 0.368 e. The van der Waals surface area contributed by atoms with Gasteiger partial charge in [0.2, 0.25) is 17.8 Å². The van der Waals surface area contributed by atoms with Crippen LogP contribution in [0.4, 0.5) is 39.5 Å². The lowest BCUT2D eigenvalue weighted by atomic mass is 10.3. The van der Waals surface area contributed by atoms with Crippen LogP contribution in [0.15, 0.2) is 30.5 Å². The molecule has 3 rings (SSSR count). The van der Waals surface area contributed by atoms with Gasteiger partial charge in [0.25, 0.3) is 0 Å². The van der Waals surface area contributed by atoms with Crippen LogP contribution in [0.1, 0.15) is 5.69 Å². The molecule has 0 aliphatic heterocycles. The third kappa shape index (κ3) is 3.79. The van der Waals surface area contributed by atoms with Crippen LogP contribution in [-0.4, -0.2) is 24.9 Å². The maximum absolute atomic E-state index is 13.8. The fraction of sp³-hybridized carbons (Fsp3) is 0.0714. The maximum Gasteiger partial charge on any atom is 0.433 e. The predicted octanol–water partition coefficient (Wildman–Crippen LogP) is 2.95. The largest absolute Gasteiger partial charge is 0.433 e. The van der Waals surface area contributed by atoms with Gasteiger partial charge in [-0.1, -0.05) is 0 Å².